The quantitative estimate of drug-likeness (QED) is 0.322. The van der Waals surface area contributed by atoms with Crippen LogP contribution in [0.2, 0.25) is 0 Å². The summed E-state index contributed by atoms with van der Waals surface area (Å²) in [5.41, 5.74) is 2.23. The number of anilines is 1. The Labute approximate surface area is 220 Å². The lowest BCUT2D eigenvalue weighted by atomic mass is 9.88. The molecule has 5 rings (SSSR count). The number of aromatic amines is 1. The van der Waals surface area contributed by atoms with E-state index in [9.17, 15) is 32.3 Å². The van der Waals surface area contributed by atoms with Gasteiger partial charge >= 0.3 is 6.03 Å². The van der Waals surface area contributed by atoms with Gasteiger partial charge in [-0.2, -0.15) is 5.10 Å². The van der Waals surface area contributed by atoms with Gasteiger partial charge in [-0.15, -0.1) is 0 Å². The van der Waals surface area contributed by atoms with E-state index in [1.165, 1.54) is 23.2 Å². The maximum absolute atomic E-state index is 14.8. The minimum Gasteiger partial charge on any atom is -0.484 e. The van der Waals surface area contributed by atoms with Gasteiger partial charge in [0.05, 0.1) is 24.5 Å². The molecular weight excluding hydrogens is 522 g/mol. The highest BCUT2D eigenvalue weighted by Crippen LogP contribution is 2.37. The van der Waals surface area contributed by atoms with Crippen LogP contribution in [-0.2, 0) is 11.2 Å². The summed E-state index contributed by atoms with van der Waals surface area (Å²) < 4.78 is 60.3. The molecular formula is C26H25F4N5O4. The van der Waals surface area contributed by atoms with Crippen LogP contribution in [0.5, 0.6) is 5.75 Å². The third-order valence-corrected chi connectivity index (χ3v) is 6.72. The van der Waals surface area contributed by atoms with Crippen molar-refractivity contribution in [2.24, 2.45) is 0 Å². The molecule has 2 aliphatic rings. The number of aromatic nitrogens is 2. The minimum absolute atomic E-state index is 0.0489. The largest absolute Gasteiger partial charge is 0.484 e. The van der Waals surface area contributed by atoms with Crippen LogP contribution >= 0.6 is 0 Å². The van der Waals surface area contributed by atoms with Crippen LogP contribution < -0.4 is 20.3 Å². The highest BCUT2D eigenvalue weighted by Gasteiger charge is 2.45. The summed E-state index contributed by atoms with van der Waals surface area (Å²) >= 11 is 0. The number of urea groups is 1. The second kappa shape index (κ2) is 10.6. The molecule has 1 aliphatic carbocycles. The van der Waals surface area contributed by atoms with Crippen LogP contribution in [0.1, 0.15) is 30.0 Å². The lowest BCUT2D eigenvalue weighted by Gasteiger charge is -2.35. The number of ether oxygens (including phenoxy) is 1. The van der Waals surface area contributed by atoms with Crippen LogP contribution in [0, 0.1) is 11.6 Å². The van der Waals surface area contributed by atoms with Crippen LogP contribution in [0.4, 0.5) is 28.0 Å². The Morgan fingerprint density at radius 1 is 1.21 bits per heavy atom. The number of hydrogen-bond acceptors (Lipinski definition) is 5. The number of hydrogen-bond donors (Lipinski definition) is 4. The smallest absolute Gasteiger partial charge is 0.322 e. The van der Waals surface area contributed by atoms with E-state index in [1.807, 2.05) is 0 Å². The first-order valence-electron chi connectivity index (χ1n) is 12.2. The second-order valence-corrected chi connectivity index (χ2v) is 9.57. The van der Waals surface area contributed by atoms with E-state index in [4.69, 9.17) is 4.74 Å². The summed E-state index contributed by atoms with van der Waals surface area (Å²) in [6, 6.07) is 4.09. The van der Waals surface area contributed by atoms with E-state index in [0.29, 0.717) is 23.2 Å². The van der Waals surface area contributed by atoms with Crippen molar-refractivity contribution in [1.82, 2.24) is 20.8 Å². The number of aliphatic hydroxyl groups excluding tert-OH is 1. The molecule has 206 valence electrons. The van der Waals surface area contributed by atoms with Gasteiger partial charge in [-0.3, -0.25) is 14.8 Å². The summed E-state index contributed by atoms with van der Waals surface area (Å²) in [6.45, 7) is -0.843. The van der Waals surface area contributed by atoms with Crippen molar-refractivity contribution in [1.29, 1.82) is 0 Å². The average Bonchev–Trinajstić information content (AvgIpc) is 3.54. The Morgan fingerprint density at radius 3 is 2.69 bits per heavy atom. The Balaban J connectivity index is 1.24. The molecule has 1 saturated carbocycles. The molecule has 39 heavy (non-hydrogen) atoms. The fourth-order valence-corrected chi connectivity index (χ4v) is 4.75. The lowest BCUT2D eigenvalue weighted by molar-refractivity contribution is -0.131. The van der Waals surface area contributed by atoms with E-state index in [0.717, 1.165) is 17.7 Å². The summed E-state index contributed by atoms with van der Waals surface area (Å²) in [5, 5.41) is 21.4. The number of nitrogens with one attached hydrogen (secondary N) is 3. The van der Waals surface area contributed by atoms with Gasteiger partial charge < -0.3 is 20.5 Å². The Morgan fingerprint density at radius 2 is 2.00 bits per heavy atom. The Hall–Kier alpha value is -4.13. The van der Waals surface area contributed by atoms with Crippen molar-refractivity contribution < 1.29 is 37.0 Å². The molecule has 2 aromatic carbocycles. The zero-order valence-electron chi connectivity index (χ0n) is 20.5. The molecule has 1 fully saturated rings. The topological polar surface area (TPSA) is 120 Å². The van der Waals surface area contributed by atoms with Crippen molar-refractivity contribution in [2.75, 3.05) is 24.7 Å². The van der Waals surface area contributed by atoms with E-state index in [-0.39, 0.29) is 17.9 Å². The average molecular weight is 548 g/mol. The van der Waals surface area contributed by atoms with Gasteiger partial charge in [0.15, 0.2) is 6.61 Å². The summed E-state index contributed by atoms with van der Waals surface area (Å²) in [4.78, 5) is 26.4. The molecule has 3 amide bonds. The number of halogens is 4. The molecule has 0 unspecified atom stereocenters. The molecule has 2 heterocycles. The fourth-order valence-electron chi connectivity index (χ4n) is 4.75. The van der Waals surface area contributed by atoms with Crippen molar-refractivity contribution in [3.05, 3.63) is 65.5 Å². The predicted molar refractivity (Wildman–Crippen MR) is 131 cm³/mol. The van der Waals surface area contributed by atoms with Gasteiger partial charge in [0.25, 0.3) is 11.8 Å². The van der Waals surface area contributed by atoms with Crippen molar-refractivity contribution in [2.45, 2.75) is 37.3 Å². The number of nitrogens with zero attached hydrogens (tertiary/aromatic N) is 2. The molecule has 0 radical (unpaired) electrons. The zero-order chi connectivity index (χ0) is 27.7. The van der Waals surface area contributed by atoms with Crippen LogP contribution in [0.3, 0.4) is 0 Å². The first-order chi connectivity index (χ1) is 18.6. The monoisotopic (exact) mass is 547 g/mol. The normalized spacial score (nSPS) is 16.8. The summed E-state index contributed by atoms with van der Waals surface area (Å²) in [6.07, 6.45) is 2.65. The minimum atomic E-state index is -2.78. The Kier molecular flexibility index (Phi) is 7.17. The molecule has 0 spiro atoms. The first kappa shape index (κ1) is 26.5. The number of carbonyl (C=O) groups excluding carboxylic acids is 2. The van der Waals surface area contributed by atoms with Crippen molar-refractivity contribution in [3.63, 3.8) is 0 Å². The fraction of sp³-hybridized carbons (Fsp3) is 0.346. The number of amides is 3. The third kappa shape index (κ3) is 5.82. The number of benzene rings is 2. The molecule has 3 aromatic rings. The molecule has 0 saturated heterocycles. The lowest BCUT2D eigenvalue weighted by Crippen LogP contribution is -2.51. The molecule has 9 nitrogen and oxygen atoms in total. The van der Waals surface area contributed by atoms with E-state index in [2.05, 4.69) is 20.8 Å². The highest BCUT2D eigenvalue weighted by molar-refractivity contribution is 5.95. The van der Waals surface area contributed by atoms with E-state index < -0.39 is 67.6 Å². The van der Waals surface area contributed by atoms with Gasteiger partial charge in [0, 0.05) is 48.8 Å². The van der Waals surface area contributed by atoms with Gasteiger partial charge in [-0.25, -0.2) is 22.4 Å². The molecule has 1 aromatic heterocycles. The van der Waals surface area contributed by atoms with Crippen LogP contribution in [0.25, 0.3) is 11.1 Å². The van der Waals surface area contributed by atoms with Crippen LogP contribution in [0.15, 0.2) is 42.7 Å². The number of fused-ring (bicyclic) bond motifs is 1. The van der Waals surface area contributed by atoms with E-state index in [1.54, 1.807) is 12.3 Å². The van der Waals surface area contributed by atoms with Gasteiger partial charge in [0.1, 0.15) is 17.4 Å². The molecule has 0 bridgehead atoms. The van der Waals surface area contributed by atoms with E-state index >= 15 is 0 Å². The second-order valence-electron chi connectivity index (χ2n) is 9.57. The highest BCUT2D eigenvalue weighted by atomic mass is 19.3. The third-order valence-electron chi connectivity index (χ3n) is 6.72. The SMILES string of the molecule is O=C(COc1cc(F)cc([C@@H](CO)NC(=O)N2CCc3cc(-c4cn[nH]c4)c(F)cc32)c1)NC1CC(F)(F)C1. The zero-order valence-corrected chi connectivity index (χ0v) is 20.5. The van der Waals surface area contributed by atoms with Crippen molar-refractivity contribution in [3.8, 4) is 16.9 Å². The maximum Gasteiger partial charge on any atom is 0.322 e. The van der Waals surface area contributed by atoms with Crippen molar-refractivity contribution >= 4 is 17.6 Å². The summed E-state index contributed by atoms with van der Waals surface area (Å²) in [5.74, 6) is -4.74. The molecule has 13 heteroatoms. The first-order valence-corrected chi connectivity index (χ1v) is 12.2. The molecule has 4 N–H and O–H groups in total. The maximum atomic E-state index is 14.8. The number of rotatable bonds is 8. The Bertz CT molecular complexity index is 1380. The van der Waals surface area contributed by atoms with Gasteiger partial charge in [0.2, 0.25) is 0 Å². The molecule has 1 aliphatic heterocycles. The molecule has 1 atom stereocenters. The number of carbonyl (C=O) groups is 2. The summed E-state index contributed by atoms with van der Waals surface area (Å²) in [7, 11) is 0. The number of aliphatic hydroxyl groups is 1. The van der Waals surface area contributed by atoms with Gasteiger partial charge in [-0.05, 0) is 41.8 Å². The van der Waals surface area contributed by atoms with Gasteiger partial charge in [-0.1, -0.05) is 0 Å². The van der Waals surface area contributed by atoms with Crippen LogP contribution in [-0.4, -0.2) is 59.0 Å². The predicted octanol–water partition coefficient (Wildman–Crippen LogP) is 3.45. The standard InChI is InChI=1S/C26H25F4N5O4/c27-17-3-15(4-19(6-17)39-13-24(37)33-18-8-26(29,30)9-18)22(12-36)34-25(38)35-2-1-14-5-20(16-10-31-32-11-16)21(28)7-23(14)35/h3-7,10-11,18,22,36H,1-2,8-9,12-13H2,(H,31,32)(H,33,37)(H,34,38)/t22-/m1/s1. The number of H-pyrrole nitrogens is 1. The number of alkyl halides is 2.